The molecule has 0 bridgehead atoms. The first kappa shape index (κ1) is 14.5. The second-order valence-corrected chi connectivity index (χ2v) is 7.68. The Morgan fingerprint density at radius 1 is 1.00 bits per heavy atom. The van der Waals surface area contributed by atoms with Crippen LogP contribution in [0.15, 0.2) is 30.3 Å². The van der Waals surface area contributed by atoms with Crippen molar-refractivity contribution in [2.24, 2.45) is 0 Å². The van der Waals surface area contributed by atoms with E-state index >= 15 is 0 Å². The van der Waals surface area contributed by atoms with E-state index in [0.29, 0.717) is 6.16 Å². The molecule has 0 aliphatic heterocycles. The molecule has 0 unspecified atom stereocenters. The number of unbranched alkanes of at least 4 members (excludes halogenated alkanes) is 1. The minimum Gasteiger partial charge on any atom is -0.324 e. The Kier molecular flexibility index (Phi) is 7.42. The molecule has 86 valence electrons. The molecule has 1 rings (SSSR count). The topological polar surface area (TPSA) is 17.1 Å². The van der Waals surface area contributed by atoms with Crippen molar-refractivity contribution in [3.05, 3.63) is 35.9 Å². The first-order valence-electron chi connectivity index (χ1n) is 5.57. The van der Waals surface area contributed by atoms with E-state index in [9.17, 15) is 4.57 Å². The summed E-state index contributed by atoms with van der Waals surface area (Å²) in [5, 5.41) is 0. The molecule has 1 aromatic rings. The van der Waals surface area contributed by atoms with Gasteiger partial charge in [0, 0.05) is 6.16 Å². The van der Waals surface area contributed by atoms with Crippen LogP contribution in [0.2, 0.25) is 0 Å². The molecule has 0 aliphatic carbocycles. The lowest BCUT2D eigenvalue weighted by atomic mass is 10.2. The Morgan fingerprint density at radius 3 is 1.80 bits per heavy atom. The molecule has 0 aromatic heterocycles. The SMILES string of the molecule is CCCC.CP(C)(=O)Cc1ccccc1. The minimum atomic E-state index is -1.89. The Bertz CT molecular complexity index is 285. The fraction of sp³-hybridized carbons (Fsp3) is 0.538. The zero-order valence-electron chi connectivity index (χ0n) is 10.4. The predicted molar refractivity (Wildman–Crippen MR) is 70.2 cm³/mol. The van der Waals surface area contributed by atoms with E-state index in [0.717, 1.165) is 0 Å². The number of rotatable bonds is 3. The van der Waals surface area contributed by atoms with Crippen LogP contribution in [-0.4, -0.2) is 13.3 Å². The third-order valence-electron chi connectivity index (χ3n) is 1.91. The Hall–Kier alpha value is -0.550. The zero-order valence-corrected chi connectivity index (χ0v) is 11.3. The average molecular weight is 226 g/mol. The highest BCUT2D eigenvalue weighted by Crippen LogP contribution is 2.39. The van der Waals surface area contributed by atoms with E-state index in [-0.39, 0.29) is 0 Å². The van der Waals surface area contributed by atoms with Gasteiger partial charge in [0.05, 0.1) is 7.14 Å². The average Bonchev–Trinajstić information content (AvgIpc) is 2.17. The molecule has 0 amide bonds. The summed E-state index contributed by atoms with van der Waals surface area (Å²) in [5.41, 5.74) is 1.17. The summed E-state index contributed by atoms with van der Waals surface area (Å²) in [6, 6.07) is 9.95. The summed E-state index contributed by atoms with van der Waals surface area (Å²) in [6.45, 7) is 8.00. The Balaban J connectivity index is 0.000000423. The highest BCUT2D eigenvalue weighted by Gasteiger charge is 2.06. The van der Waals surface area contributed by atoms with Crippen molar-refractivity contribution in [1.82, 2.24) is 0 Å². The molecule has 0 atom stereocenters. The lowest BCUT2D eigenvalue weighted by molar-refractivity contribution is 0.582. The van der Waals surface area contributed by atoms with Crippen LogP contribution in [0.1, 0.15) is 32.3 Å². The standard InChI is InChI=1S/C9H13OP.C4H10/c1-11(2,10)8-9-6-4-3-5-7-9;1-3-4-2/h3-7H,8H2,1-2H3;3-4H2,1-2H3. The van der Waals surface area contributed by atoms with E-state index < -0.39 is 7.14 Å². The summed E-state index contributed by atoms with van der Waals surface area (Å²) in [6.07, 6.45) is 3.35. The molecule has 0 N–H and O–H groups in total. The van der Waals surface area contributed by atoms with E-state index in [1.165, 1.54) is 18.4 Å². The first-order chi connectivity index (χ1) is 6.99. The number of hydrogen-bond acceptors (Lipinski definition) is 1. The second kappa shape index (κ2) is 7.70. The molecule has 0 spiro atoms. The molecule has 0 heterocycles. The van der Waals surface area contributed by atoms with Crippen molar-refractivity contribution in [2.45, 2.75) is 32.9 Å². The van der Waals surface area contributed by atoms with E-state index in [2.05, 4.69) is 13.8 Å². The maximum atomic E-state index is 11.4. The van der Waals surface area contributed by atoms with Crippen LogP contribution in [0.4, 0.5) is 0 Å². The molecular formula is C13H23OP. The first-order valence-corrected chi connectivity index (χ1v) is 8.36. The molecule has 1 aromatic carbocycles. The van der Waals surface area contributed by atoms with Crippen LogP contribution < -0.4 is 0 Å². The highest BCUT2D eigenvalue weighted by atomic mass is 31.2. The van der Waals surface area contributed by atoms with E-state index in [1.807, 2.05) is 43.7 Å². The van der Waals surface area contributed by atoms with Gasteiger partial charge in [-0.15, -0.1) is 0 Å². The lowest BCUT2D eigenvalue weighted by Crippen LogP contribution is -1.83. The van der Waals surface area contributed by atoms with Gasteiger partial charge in [0.2, 0.25) is 0 Å². The second-order valence-electron chi connectivity index (χ2n) is 4.22. The maximum Gasteiger partial charge on any atom is 0.0861 e. The van der Waals surface area contributed by atoms with Gasteiger partial charge in [0.1, 0.15) is 0 Å². The molecule has 1 nitrogen and oxygen atoms in total. The van der Waals surface area contributed by atoms with Crippen LogP contribution in [0, 0.1) is 0 Å². The monoisotopic (exact) mass is 226 g/mol. The van der Waals surface area contributed by atoms with Crippen molar-refractivity contribution in [2.75, 3.05) is 13.3 Å². The molecule has 0 saturated carbocycles. The fourth-order valence-electron chi connectivity index (χ4n) is 1.02. The smallest absolute Gasteiger partial charge is 0.0861 e. The van der Waals surface area contributed by atoms with Crippen molar-refractivity contribution >= 4 is 7.14 Å². The van der Waals surface area contributed by atoms with Gasteiger partial charge in [-0.05, 0) is 18.9 Å². The Morgan fingerprint density at radius 2 is 1.47 bits per heavy atom. The summed E-state index contributed by atoms with van der Waals surface area (Å²) in [4.78, 5) is 0. The minimum absolute atomic E-state index is 0.716. The van der Waals surface area contributed by atoms with Gasteiger partial charge in [0.15, 0.2) is 0 Å². The van der Waals surface area contributed by atoms with Crippen molar-refractivity contribution in [3.63, 3.8) is 0 Å². The van der Waals surface area contributed by atoms with Gasteiger partial charge in [-0.1, -0.05) is 57.0 Å². The maximum absolute atomic E-state index is 11.4. The van der Waals surface area contributed by atoms with Crippen molar-refractivity contribution in [1.29, 1.82) is 0 Å². The van der Waals surface area contributed by atoms with Gasteiger partial charge < -0.3 is 4.57 Å². The summed E-state index contributed by atoms with van der Waals surface area (Å²) in [5.74, 6) is 0. The van der Waals surface area contributed by atoms with Gasteiger partial charge in [-0.2, -0.15) is 0 Å². The number of hydrogen-bond donors (Lipinski definition) is 0. The molecule has 0 radical (unpaired) electrons. The molecule has 15 heavy (non-hydrogen) atoms. The van der Waals surface area contributed by atoms with Crippen LogP contribution in [0.5, 0.6) is 0 Å². The lowest BCUT2D eigenvalue weighted by Gasteiger charge is -2.04. The Labute approximate surface area is 94.3 Å². The molecular weight excluding hydrogens is 203 g/mol. The largest absolute Gasteiger partial charge is 0.324 e. The molecule has 2 heteroatoms. The van der Waals surface area contributed by atoms with Crippen LogP contribution in [0.3, 0.4) is 0 Å². The van der Waals surface area contributed by atoms with Crippen LogP contribution in [0.25, 0.3) is 0 Å². The van der Waals surface area contributed by atoms with Crippen LogP contribution in [-0.2, 0) is 10.7 Å². The predicted octanol–water partition coefficient (Wildman–Crippen LogP) is 4.62. The van der Waals surface area contributed by atoms with Crippen molar-refractivity contribution in [3.8, 4) is 0 Å². The van der Waals surface area contributed by atoms with Gasteiger partial charge in [-0.3, -0.25) is 0 Å². The van der Waals surface area contributed by atoms with E-state index in [4.69, 9.17) is 0 Å². The summed E-state index contributed by atoms with van der Waals surface area (Å²) < 4.78 is 11.4. The highest BCUT2D eigenvalue weighted by molar-refractivity contribution is 7.61. The molecule has 0 saturated heterocycles. The fourth-order valence-corrected chi connectivity index (χ4v) is 2.11. The number of benzene rings is 1. The summed E-state index contributed by atoms with van der Waals surface area (Å²) >= 11 is 0. The molecule has 0 aliphatic rings. The third-order valence-corrected chi connectivity index (χ3v) is 3.03. The zero-order chi connectivity index (χ0) is 11.7. The van der Waals surface area contributed by atoms with Gasteiger partial charge >= 0.3 is 0 Å². The molecule has 0 fully saturated rings. The van der Waals surface area contributed by atoms with Gasteiger partial charge in [0.25, 0.3) is 0 Å². The van der Waals surface area contributed by atoms with E-state index in [1.54, 1.807) is 0 Å². The van der Waals surface area contributed by atoms with Gasteiger partial charge in [-0.25, -0.2) is 0 Å². The summed E-state index contributed by atoms with van der Waals surface area (Å²) in [7, 11) is -1.89. The van der Waals surface area contributed by atoms with Crippen LogP contribution >= 0.6 is 7.14 Å². The normalized spacial score (nSPS) is 10.4. The quantitative estimate of drug-likeness (QED) is 0.687. The van der Waals surface area contributed by atoms with Crippen molar-refractivity contribution < 1.29 is 4.57 Å². The third kappa shape index (κ3) is 9.75.